The fraction of sp³-hybridized carbons (Fsp3) is 0.105. The van der Waals surface area contributed by atoms with Gasteiger partial charge in [-0.15, -0.1) is 11.3 Å². The zero-order valence-corrected chi connectivity index (χ0v) is 14.5. The van der Waals surface area contributed by atoms with Gasteiger partial charge in [-0.05, 0) is 29.7 Å². The van der Waals surface area contributed by atoms with E-state index in [9.17, 15) is 4.79 Å². The van der Waals surface area contributed by atoms with Gasteiger partial charge in [0, 0.05) is 15.8 Å². The van der Waals surface area contributed by atoms with Crippen LogP contribution in [0.25, 0.3) is 31.4 Å². The van der Waals surface area contributed by atoms with Crippen LogP contribution >= 0.6 is 22.9 Å². The van der Waals surface area contributed by atoms with Gasteiger partial charge in [-0.25, -0.2) is 0 Å². The van der Waals surface area contributed by atoms with Gasteiger partial charge in [0.05, 0.1) is 12.0 Å². The van der Waals surface area contributed by atoms with E-state index in [1.807, 2.05) is 43.3 Å². The first-order valence-electron chi connectivity index (χ1n) is 7.53. The van der Waals surface area contributed by atoms with Crippen LogP contribution in [0.1, 0.15) is 11.3 Å². The molecule has 0 aliphatic heterocycles. The van der Waals surface area contributed by atoms with Crippen molar-refractivity contribution < 1.29 is 5.11 Å². The van der Waals surface area contributed by atoms with E-state index in [1.54, 1.807) is 11.3 Å². The third kappa shape index (κ3) is 2.35. The Morgan fingerprint density at radius 3 is 2.54 bits per heavy atom. The molecule has 0 unspecified atom stereocenters. The van der Waals surface area contributed by atoms with Crippen LogP contribution in [0.5, 0.6) is 0 Å². The maximum atomic E-state index is 12.5. The number of halogens is 1. The molecule has 5 heteroatoms. The van der Waals surface area contributed by atoms with E-state index in [-0.39, 0.29) is 17.1 Å². The molecule has 2 aromatic heterocycles. The Balaban J connectivity index is 1.94. The number of rotatable bonds is 2. The number of aromatic nitrogens is 1. The third-order valence-corrected chi connectivity index (χ3v) is 5.74. The number of H-pyrrole nitrogens is 1. The van der Waals surface area contributed by atoms with E-state index in [4.69, 9.17) is 16.7 Å². The van der Waals surface area contributed by atoms with Gasteiger partial charge in [-0.1, -0.05) is 48.0 Å². The van der Waals surface area contributed by atoms with Crippen molar-refractivity contribution in [2.24, 2.45) is 0 Å². The van der Waals surface area contributed by atoms with Crippen LogP contribution in [0.4, 0.5) is 0 Å². The van der Waals surface area contributed by atoms with Gasteiger partial charge in [0.2, 0.25) is 5.43 Å². The van der Waals surface area contributed by atoms with Gasteiger partial charge >= 0.3 is 0 Å². The first-order valence-corrected chi connectivity index (χ1v) is 8.72. The number of thiophene rings is 1. The number of nitrogens with one attached hydrogen (secondary N) is 1. The molecule has 3 nitrogen and oxygen atoms in total. The molecule has 0 fully saturated rings. The van der Waals surface area contributed by atoms with E-state index >= 15 is 0 Å². The second-order valence-electron chi connectivity index (χ2n) is 5.77. The van der Waals surface area contributed by atoms with E-state index < -0.39 is 0 Å². The van der Waals surface area contributed by atoms with E-state index in [2.05, 4.69) is 11.1 Å². The molecule has 0 saturated carbocycles. The lowest BCUT2D eigenvalue weighted by Gasteiger charge is -2.03. The van der Waals surface area contributed by atoms with Crippen molar-refractivity contribution in [3.63, 3.8) is 0 Å². The monoisotopic (exact) mass is 355 g/mol. The number of hydrogen-bond donors (Lipinski definition) is 2. The number of aliphatic hydroxyl groups is 1. The highest BCUT2D eigenvalue weighted by atomic mass is 35.5. The second kappa shape index (κ2) is 5.74. The molecular formula is C19H14ClNO2S. The highest BCUT2D eigenvalue weighted by Gasteiger charge is 2.14. The van der Waals surface area contributed by atoms with Crippen molar-refractivity contribution in [1.82, 2.24) is 4.98 Å². The van der Waals surface area contributed by atoms with Gasteiger partial charge in [-0.3, -0.25) is 4.79 Å². The van der Waals surface area contributed by atoms with Crippen LogP contribution < -0.4 is 5.43 Å². The lowest BCUT2D eigenvalue weighted by Crippen LogP contribution is -2.04. The molecule has 0 atom stereocenters. The normalized spacial score (nSPS) is 11.5. The van der Waals surface area contributed by atoms with Crippen LogP contribution in [0.3, 0.4) is 0 Å². The smallest absolute Gasteiger partial charge is 0.209 e. The highest BCUT2D eigenvalue weighted by molar-refractivity contribution is 7.25. The molecule has 0 saturated heterocycles. The fourth-order valence-corrected chi connectivity index (χ4v) is 4.23. The molecule has 24 heavy (non-hydrogen) atoms. The van der Waals surface area contributed by atoms with Crippen molar-refractivity contribution in [1.29, 1.82) is 0 Å². The highest BCUT2D eigenvalue weighted by Crippen LogP contribution is 2.35. The zero-order chi connectivity index (χ0) is 16.8. The predicted molar refractivity (Wildman–Crippen MR) is 101 cm³/mol. The largest absolute Gasteiger partial charge is 0.392 e. The van der Waals surface area contributed by atoms with E-state index in [0.29, 0.717) is 11.1 Å². The molecule has 0 bridgehead atoms. The lowest BCUT2D eigenvalue weighted by atomic mass is 10.0. The summed E-state index contributed by atoms with van der Waals surface area (Å²) in [5.74, 6) is 0. The molecule has 4 aromatic rings. The van der Waals surface area contributed by atoms with Crippen molar-refractivity contribution in [3.8, 4) is 11.1 Å². The summed E-state index contributed by atoms with van der Waals surface area (Å²) in [5, 5.41) is 11.0. The third-order valence-electron chi connectivity index (χ3n) is 4.22. The van der Waals surface area contributed by atoms with Crippen LogP contribution in [-0.2, 0) is 6.61 Å². The van der Waals surface area contributed by atoms with Gasteiger partial charge in [-0.2, -0.15) is 0 Å². The molecule has 0 aliphatic carbocycles. The van der Waals surface area contributed by atoms with Gasteiger partial charge in [0.15, 0.2) is 0 Å². The van der Waals surface area contributed by atoms with Crippen molar-refractivity contribution in [2.45, 2.75) is 13.5 Å². The minimum atomic E-state index is -0.116. The first kappa shape index (κ1) is 15.4. The molecule has 0 spiro atoms. The molecule has 120 valence electrons. The Kier molecular flexibility index (Phi) is 3.68. The standard InChI is InChI=1S/C19H14ClNO2S/c1-10-17(20)18(23)16-14-7-6-13(8-15(14)24-19(16)21-10)12-4-2-11(9-22)3-5-12/h2-8,22H,9H2,1H3,(H,21,23). The summed E-state index contributed by atoms with van der Waals surface area (Å²) in [6.45, 7) is 1.85. The number of pyridine rings is 1. The maximum Gasteiger partial charge on any atom is 0.209 e. The average molecular weight is 356 g/mol. The average Bonchev–Trinajstić information content (AvgIpc) is 2.97. The Hall–Kier alpha value is -2.14. The number of aliphatic hydroxyl groups excluding tert-OH is 1. The summed E-state index contributed by atoms with van der Waals surface area (Å²) >= 11 is 7.67. The van der Waals surface area contributed by atoms with Crippen molar-refractivity contribution in [3.05, 3.63) is 69.0 Å². The number of aryl methyl sites for hydroxylation is 1. The van der Waals surface area contributed by atoms with Gasteiger partial charge < -0.3 is 10.1 Å². The number of fused-ring (bicyclic) bond motifs is 3. The van der Waals surface area contributed by atoms with E-state index in [1.165, 1.54) is 0 Å². The summed E-state index contributed by atoms with van der Waals surface area (Å²) < 4.78 is 1.05. The number of benzene rings is 2. The van der Waals surface area contributed by atoms with E-state index in [0.717, 1.165) is 31.6 Å². The number of hydrogen-bond acceptors (Lipinski definition) is 3. The Morgan fingerprint density at radius 2 is 1.83 bits per heavy atom. The zero-order valence-electron chi connectivity index (χ0n) is 12.9. The van der Waals surface area contributed by atoms with Crippen LogP contribution in [0, 0.1) is 6.92 Å². The summed E-state index contributed by atoms with van der Waals surface area (Å²) in [7, 11) is 0. The molecule has 0 radical (unpaired) electrons. The second-order valence-corrected chi connectivity index (χ2v) is 7.20. The first-order chi connectivity index (χ1) is 11.6. The van der Waals surface area contributed by atoms with Crippen LogP contribution in [0.15, 0.2) is 47.3 Å². The molecule has 0 amide bonds. The minimum absolute atomic E-state index is 0.0395. The molecular weight excluding hydrogens is 342 g/mol. The van der Waals surface area contributed by atoms with Gasteiger partial charge in [0.25, 0.3) is 0 Å². The Labute approximate surface area is 147 Å². The molecule has 2 heterocycles. The molecule has 4 rings (SSSR count). The molecule has 2 N–H and O–H groups in total. The minimum Gasteiger partial charge on any atom is -0.392 e. The topological polar surface area (TPSA) is 53.1 Å². The Morgan fingerprint density at radius 1 is 1.12 bits per heavy atom. The summed E-state index contributed by atoms with van der Waals surface area (Å²) in [6.07, 6.45) is 0. The SMILES string of the molecule is Cc1[nH]c2sc3cc(-c4ccc(CO)cc4)ccc3c2c(=O)c1Cl. The quantitative estimate of drug-likeness (QED) is 0.539. The van der Waals surface area contributed by atoms with Gasteiger partial charge in [0.1, 0.15) is 9.85 Å². The van der Waals surface area contributed by atoms with Crippen LogP contribution in [-0.4, -0.2) is 10.1 Å². The summed E-state index contributed by atoms with van der Waals surface area (Å²) in [5.41, 5.74) is 3.62. The maximum absolute atomic E-state index is 12.5. The summed E-state index contributed by atoms with van der Waals surface area (Å²) in [4.78, 5) is 16.6. The summed E-state index contributed by atoms with van der Waals surface area (Å²) in [6, 6.07) is 13.9. The molecule has 2 aromatic carbocycles. The van der Waals surface area contributed by atoms with Crippen LogP contribution in [0.2, 0.25) is 5.02 Å². The lowest BCUT2D eigenvalue weighted by molar-refractivity contribution is 0.282. The Bertz CT molecular complexity index is 1130. The number of aromatic amines is 1. The van der Waals surface area contributed by atoms with Crippen molar-refractivity contribution >= 4 is 43.2 Å². The molecule has 0 aliphatic rings. The fourth-order valence-electron chi connectivity index (χ4n) is 2.90. The predicted octanol–water partition coefficient (Wildman–Crippen LogP) is 4.86. The van der Waals surface area contributed by atoms with Crippen molar-refractivity contribution in [2.75, 3.05) is 0 Å².